The van der Waals surface area contributed by atoms with Crippen molar-refractivity contribution in [1.82, 2.24) is 0 Å². The zero-order valence-corrected chi connectivity index (χ0v) is 27.1. The lowest BCUT2D eigenvalue weighted by atomic mass is 9.99. The van der Waals surface area contributed by atoms with Crippen LogP contribution in [-0.2, 0) is 0 Å². The summed E-state index contributed by atoms with van der Waals surface area (Å²) in [7, 11) is 0. The first-order valence-corrected chi connectivity index (χ1v) is 14.3. The van der Waals surface area contributed by atoms with Crippen molar-refractivity contribution in [3.8, 4) is 0 Å². The second-order valence-corrected chi connectivity index (χ2v) is 9.81. The van der Waals surface area contributed by atoms with E-state index in [9.17, 15) is 4.39 Å². The Hall–Kier alpha value is -2.67. The highest BCUT2D eigenvalue weighted by Crippen LogP contribution is 2.14. The summed E-state index contributed by atoms with van der Waals surface area (Å²) in [5, 5.41) is 0. The maximum Gasteiger partial charge on any atom is 0.123 e. The van der Waals surface area contributed by atoms with E-state index < -0.39 is 0 Å². The summed E-state index contributed by atoms with van der Waals surface area (Å²) < 4.78 is 12.1. The lowest BCUT2D eigenvalue weighted by molar-refractivity contribution is 0.627. The third kappa shape index (κ3) is 26.4. The average molecular weight is 523 g/mol. The number of rotatable bonds is 5. The van der Waals surface area contributed by atoms with Crippen molar-refractivity contribution in [2.75, 3.05) is 0 Å². The lowest BCUT2D eigenvalue weighted by Gasteiger charge is -2.07. The van der Waals surface area contributed by atoms with E-state index in [1.165, 1.54) is 52.8 Å². The molecule has 0 N–H and O–H groups in total. The van der Waals surface area contributed by atoms with Crippen LogP contribution in [0.3, 0.4) is 0 Å². The Balaban J connectivity index is -0.000000455. The van der Waals surface area contributed by atoms with Crippen LogP contribution in [0.15, 0.2) is 90.1 Å². The standard InChI is InChI=1S/C15H24.C9H12.C7H7F.2C3H8/c1-6-10-13(3)11-8-9-12-15(5)14(4)7-2;1-7-4-5-8(2)9(3)6-7;1-6-2-4-7(8)5-3-6;2*1-3-2/h6-11,15H,12H2,1-5H3;4-6H,1-3H3;2-5H,1H3;2*3H2,1-2H3/b9-8+,10-6-,13-11-,14-7+;;;;. The van der Waals surface area contributed by atoms with E-state index in [1.54, 1.807) is 12.1 Å². The molecule has 0 spiro atoms. The normalized spacial score (nSPS) is 11.7. The number of halogens is 1. The highest BCUT2D eigenvalue weighted by molar-refractivity contribution is 5.28. The Bertz CT molecular complexity index is 901. The third-order valence-corrected chi connectivity index (χ3v) is 5.32. The minimum absolute atomic E-state index is 0.171. The largest absolute Gasteiger partial charge is 0.207 e. The Labute approximate surface area is 237 Å². The van der Waals surface area contributed by atoms with Crippen molar-refractivity contribution in [3.05, 3.63) is 118 Å². The molecule has 0 bridgehead atoms. The molecule has 0 amide bonds. The minimum atomic E-state index is -0.171. The molecular weight excluding hydrogens is 463 g/mol. The highest BCUT2D eigenvalue weighted by atomic mass is 19.1. The van der Waals surface area contributed by atoms with E-state index in [2.05, 4.69) is 131 Å². The van der Waals surface area contributed by atoms with Crippen LogP contribution in [0.25, 0.3) is 0 Å². The van der Waals surface area contributed by atoms with Gasteiger partial charge in [-0.05, 0) is 91.0 Å². The smallest absolute Gasteiger partial charge is 0.123 e. The van der Waals surface area contributed by atoms with Gasteiger partial charge in [-0.1, -0.05) is 137 Å². The third-order valence-electron chi connectivity index (χ3n) is 5.32. The van der Waals surface area contributed by atoms with Crippen LogP contribution >= 0.6 is 0 Å². The molecule has 0 aliphatic heterocycles. The molecule has 2 rings (SSSR count). The van der Waals surface area contributed by atoms with Gasteiger partial charge < -0.3 is 0 Å². The summed E-state index contributed by atoms with van der Waals surface area (Å²) in [4.78, 5) is 0. The van der Waals surface area contributed by atoms with E-state index in [0.29, 0.717) is 5.92 Å². The van der Waals surface area contributed by atoms with Gasteiger partial charge in [-0.15, -0.1) is 0 Å². The molecule has 0 aromatic heterocycles. The molecular formula is C37H59F. The predicted molar refractivity (Wildman–Crippen MR) is 175 cm³/mol. The molecule has 2 aromatic carbocycles. The molecule has 38 heavy (non-hydrogen) atoms. The molecule has 1 unspecified atom stereocenters. The number of benzene rings is 2. The zero-order valence-electron chi connectivity index (χ0n) is 27.1. The van der Waals surface area contributed by atoms with Gasteiger partial charge in [0.15, 0.2) is 0 Å². The molecule has 0 saturated carbocycles. The van der Waals surface area contributed by atoms with Crippen molar-refractivity contribution in [2.24, 2.45) is 5.92 Å². The molecule has 0 radical (unpaired) electrons. The Kier molecular flexibility index (Phi) is 28.7. The van der Waals surface area contributed by atoms with Crippen molar-refractivity contribution in [3.63, 3.8) is 0 Å². The molecule has 0 nitrogen and oxygen atoms in total. The van der Waals surface area contributed by atoms with Crippen LogP contribution in [0, 0.1) is 39.4 Å². The van der Waals surface area contributed by atoms with Gasteiger partial charge in [0.05, 0.1) is 0 Å². The predicted octanol–water partition coefficient (Wildman–Crippen LogP) is 12.6. The summed E-state index contributed by atoms with van der Waals surface area (Å²) in [5.41, 5.74) is 7.96. The van der Waals surface area contributed by atoms with Crippen molar-refractivity contribution in [2.45, 2.75) is 109 Å². The Morgan fingerprint density at radius 2 is 1.29 bits per heavy atom. The number of hydrogen-bond acceptors (Lipinski definition) is 0. The number of hydrogen-bond donors (Lipinski definition) is 0. The maximum absolute atomic E-state index is 12.1. The van der Waals surface area contributed by atoms with Gasteiger partial charge in [0.25, 0.3) is 0 Å². The molecule has 1 heteroatoms. The van der Waals surface area contributed by atoms with Crippen molar-refractivity contribution >= 4 is 0 Å². The molecule has 214 valence electrons. The molecule has 2 aromatic rings. The average Bonchev–Trinajstić information content (AvgIpc) is 2.87. The first-order valence-electron chi connectivity index (χ1n) is 14.3. The van der Waals surface area contributed by atoms with Gasteiger partial charge in [0.2, 0.25) is 0 Å². The SMILES string of the molecule is CCC.CCC.C\C=C/C(C)=C\C=C\CC(C)/C(C)=C/C.Cc1ccc(C)c(C)c1.Cc1ccc(F)cc1. The van der Waals surface area contributed by atoms with Gasteiger partial charge in [0, 0.05) is 0 Å². The summed E-state index contributed by atoms with van der Waals surface area (Å²) in [5.74, 6) is 0.484. The molecule has 0 heterocycles. The van der Waals surface area contributed by atoms with Crippen LogP contribution < -0.4 is 0 Å². The molecule has 1 atom stereocenters. The van der Waals surface area contributed by atoms with Gasteiger partial charge in [-0.3, -0.25) is 0 Å². The number of allylic oxidation sites excluding steroid dienone is 8. The minimum Gasteiger partial charge on any atom is -0.207 e. The van der Waals surface area contributed by atoms with Crippen molar-refractivity contribution < 1.29 is 4.39 Å². The molecule has 0 fully saturated rings. The van der Waals surface area contributed by atoms with Crippen LogP contribution in [0.5, 0.6) is 0 Å². The van der Waals surface area contributed by atoms with Gasteiger partial charge >= 0.3 is 0 Å². The van der Waals surface area contributed by atoms with Crippen LogP contribution in [0.2, 0.25) is 0 Å². The van der Waals surface area contributed by atoms with E-state index in [4.69, 9.17) is 0 Å². The molecule has 0 aliphatic rings. The van der Waals surface area contributed by atoms with Crippen LogP contribution in [0.4, 0.5) is 4.39 Å². The quantitative estimate of drug-likeness (QED) is 0.270. The van der Waals surface area contributed by atoms with E-state index in [-0.39, 0.29) is 5.82 Å². The summed E-state index contributed by atoms with van der Waals surface area (Å²) in [6, 6.07) is 12.9. The fraction of sp³-hybridized carbons (Fsp3) is 0.459. The second kappa shape index (κ2) is 27.4. The first kappa shape index (κ1) is 39.8. The molecule has 0 aliphatic carbocycles. The first-order chi connectivity index (χ1) is 17.9. The van der Waals surface area contributed by atoms with Gasteiger partial charge in [-0.25, -0.2) is 4.39 Å². The Morgan fingerprint density at radius 1 is 0.789 bits per heavy atom. The van der Waals surface area contributed by atoms with Gasteiger partial charge in [0.1, 0.15) is 5.82 Å². The fourth-order valence-corrected chi connectivity index (χ4v) is 2.72. The molecule has 0 saturated heterocycles. The van der Waals surface area contributed by atoms with E-state index in [1.807, 2.05) is 13.8 Å². The van der Waals surface area contributed by atoms with E-state index >= 15 is 0 Å². The maximum atomic E-state index is 12.1. The van der Waals surface area contributed by atoms with Crippen molar-refractivity contribution in [1.29, 1.82) is 0 Å². The summed E-state index contributed by atoms with van der Waals surface area (Å²) >= 11 is 0. The number of aryl methyl sites for hydroxylation is 4. The fourth-order valence-electron chi connectivity index (χ4n) is 2.72. The monoisotopic (exact) mass is 522 g/mol. The Morgan fingerprint density at radius 3 is 1.68 bits per heavy atom. The lowest BCUT2D eigenvalue weighted by Crippen LogP contribution is -1.93. The zero-order chi connectivity index (χ0) is 29.9. The van der Waals surface area contributed by atoms with Crippen LogP contribution in [0.1, 0.15) is 104 Å². The summed E-state index contributed by atoms with van der Waals surface area (Å²) in [6.45, 7) is 27.5. The van der Waals surface area contributed by atoms with Gasteiger partial charge in [-0.2, -0.15) is 0 Å². The van der Waals surface area contributed by atoms with E-state index in [0.717, 1.165) is 12.0 Å². The highest BCUT2D eigenvalue weighted by Gasteiger charge is 1.99. The summed E-state index contributed by atoms with van der Waals surface area (Å²) in [6.07, 6.45) is 16.5. The topological polar surface area (TPSA) is 0 Å². The van der Waals surface area contributed by atoms with Crippen LogP contribution in [-0.4, -0.2) is 0 Å². The second-order valence-electron chi connectivity index (χ2n) is 9.81.